The van der Waals surface area contributed by atoms with Gasteiger partial charge in [0.2, 0.25) is 0 Å². The van der Waals surface area contributed by atoms with Crippen LogP contribution < -0.4 is 9.05 Å². The summed E-state index contributed by atoms with van der Waals surface area (Å²) in [7, 11) is 0. The molecular formula is C28H35O2PS2. The molecule has 0 radical (unpaired) electrons. The highest BCUT2D eigenvalue weighted by atomic mass is 32.9. The molecule has 0 aromatic heterocycles. The van der Waals surface area contributed by atoms with E-state index in [0.29, 0.717) is 11.8 Å². The van der Waals surface area contributed by atoms with Crippen LogP contribution in [0.4, 0.5) is 0 Å². The van der Waals surface area contributed by atoms with E-state index in [-0.39, 0.29) is 0 Å². The largest absolute Gasteiger partial charge is 0.428 e. The molecule has 0 amide bonds. The fourth-order valence-electron chi connectivity index (χ4n) is 3.57. The summed E-state index contributed by atoms with van der Waals surface area (Å²) in [5.74, 6) is 3.64. The van der Waals surface area contributed by atoms with Crippen molar-refractivity contribution in [1.82, 2.24) is 0 Å². The van der Waals surface area contributed by atoms with Gasteiger partial charge in [0.1, 0.15) is 11.5 Å². The second-order valence-corrected chi connectivity index (χ2v) is 15.5. The van der Waals surface area contributed by atoms with Gasteiger partial charge in [0.15, 0.2) is 0 Å². The summed E-state index contributed by atoms with van der Waals surface area (Å²) in [6.45, 7) is 8.92. The van der Waals surface area contributed by atoms with Crippen LogP contribution in [0.3, 0.4) is 0 Å². The highest BCUT2D eigenvalue weighted by Crippen LogP contribution is 2.60. The van der Waals surface area contributed by atoms with Gasteiger partial charge in [-0.25, -0.2) is 0 Å². The van der Waals surface area contributed by atoms with Crippen LogP contribution in [0.5, 0.6) is 11.5 Å². The van der Waals surface area contributed by atoms with Crippen molar-refractivity contribution in [3.63, 3.8) is 0 Å². The summed E-state index contributed by atoms with van der Waals surface area (Å²) in [4.78, 5) is 0. The van der Waals surface area contributed by atoms with Crippen molar-refractivity contribution in [2.45, 2.75) is 47.0 Å². The Morgan fingerprint density at radius 1 is 0.667 bits per heavy atom. The Kier molecular flexibility index (Phi) is 9.92. The molecule has 0 atom stereocenters. The van der Waals surface area contributed by atoms with Crippen LogP contribution in [0.2, 0.25) is 0 Å². The van der Waals surface area contributed by atoms with Gasteiger partial charge in [0, 0.05) is 5.75 Å². The zero-order valence-corrected chi connectivity index (χ0v) is 22.6. The number of benzene rings is 3. The van der Waals surface area contributed by atoms with Crippen molar-refractivity contribution in [3.8, 4) is 11.5 Å². The third kappa shape index (κ3) is 9.20. The third-order valence-corrected chi connectivity index (χ3v) is 9.96. The third-order valence-electron chi connectivity index (χ3n) is 5.05. The van der Waals surface area contributed by atoms with E-state index in [0.717, 1.165) is 36.5 Å². The lowest BCUT2D eigenvalue weighted by atomic mass is 10.0. The normalized spacial score (nSPS) is 11.7. The van der Waals surface area contributed by atoms with Crippen LogP contribution in [-0.4, -0.2) is 5.75 Å². The van der Waals surface area contributed by atoms with Crippen molar-refractivity contribution in [2.24, 2.45) is 11.8 Å². The van der Waals surface area contributed by atoms with Crippen LogP contribution in [0.25, 0.3) is 0 Å². The van der Waals surface area contributed by atoms with Crippen molar-refractivity contribution in [2.75, 3.05) is 5.75 Å². The fraction of sp³-hybridized carbons (Fsp3) is 0.357. The topological polar surface area (TPSA) is 18.5 Å². The first kappa shape index (κ1) is 25.9. The number of aryl methyl sites for hydroxylation is 1. The maximum absolute atomic E-state index is 6.37. The van der Waals surface area contributed by atoms with E-state index in [9.17, 15) is 0 Å². The summed E-state index contributed by atoms with van der Waals surface area (Å²) in [5, 5.41) is 0. The minimum atomic E-state index is -2.64. The predicted molar refractivity (Wildman–Crippen MR) is 148 cm³/mol. The average Bonchev–Trinajstić information content (AvgIpc) is 2.76. The van der Waals surface area contributed by atoms with Gasteiger partial charge in [0.25, 0.3) is 0 Å². The Morgan fingerprint density at radius 3 is 1.55 bits per heavy atom. The smallest absolute Gasteiger partial charge is 0.348 e. The van der Waals surface area contributed by atoms with Crippen LogP contribution in [-0.2, 0) is 31.1 Å². The Morgan fingerprint density at radius 2 is 1.12 bits per heavy atom. The van der Waals surface area contributed by atoms with Gasteiger partial charge in [0.05, 0.1) is 0 Å². The van der Waals surface area contributed by atoms with Gasteiger partial charge in [-0.05, 0) is 95.2 Å². The quantitative estimate of drug-likeness (QED) is 0.232. The summed E-state index contributed by atoms with van der Waals surface area (Å²) in [5.41, 5.74) is 1.28. The molecule has 3 aromatic rings. The Balaban J connectivity index is 1.72. The first-order valence-corrected chi connectivity index (χ1v) is 15.9. The molecule has 0 saturated carbocycles. The van der Waals surface area contributed by atoms with E-state index >= 15 is 0 Å². The lowest BCUT2D eigenvalue weighted by molar-refractivity contribution is 0.505. The molecule has 33 heavy (non-hydrogen) atoms. The van der Waals surface area contributed by atoms with Crippen molar-refractivity contribution in [1.29, 1.82) is 0 Å². The molecule has 0 aliphatic carbocycles. The molecule has 3 rings (SSSR count). The molecule has 0 spiro atoms. The lowest BCUT2D eigenvalue weighted by Crippen LogP contribution is -2.01. The summed E-state index contributed by atoms with van der Waals surface area (Å²) < 4.78 is 12.7. The van der Waals surface area contributed by atoms with Crippen molar-refractivity contribution < 1.29 is 9.05 Å². The zero-order valence-electron chi connectivity index (χ0n) is 20.1. The molecule has 0 heterocycles. The van der Waals surface area contributed by atoms with Gasteiger partial charge >= 0.3 is 5.69 Å². The highest BCUT2D eigenvalue weighted by Gasteiger charge is 2.24. The molecule has 0 aliphatic rings. The van der Waals surface area contributed by atoms with Crippen LogP contribution >= 0.6 is 17.1 Å². The molecule has 0 N–H and O–H groups in total. The molecule has 0 fully saturated rings. The predicted octanol–water partition coefficient (Wildman–Crippen LogP) is 8.74. The molecule has 176 valence electrons. The molecule has 0 bridgehead atoms. The highest BCUT2D eigenvalue weighted by molar-refractivity contribution is 8.68. The van der Waals surface area contributed by atoms with Gasteiger partial charge in [-0.2, -0.15) is 0 Å². The Labute approximate surface area is 209 Å². The molecule has 0 saturated heterocycles. The van der Waals surface area contributed by atoms with Gasteiger partial charge in [-0.15, -0.1) is 0 Å². The first-order valence-electron chi connectivity index (χ1n) is 11.7. The maximum Gasteiger partial charge on any atom is 0.348 e. The minimum Gasteiger partial charge on any atom is -0.428 e. The van der Waals surface area contributed by atoms with E-state index in [4.69, 9.17) is 20.9 Å². The monoisotopic (exact) mass is 498 g/mol. The summed E-state index contributed by atoms with van der Waals surface area (Å²) >= 11 is 7.64. The van der Waals surface area contributed by atoms with Crippen molar-refractivity contribution >= 4 is 28.9 Å². The van der Waals surface area contributed by atoms with E-state index in [1.54, 1.807) is 11.4 Å². The van der Waals surface area contributed by atoms with Crippen LogP contribution in [0.1, 0.15) is 44.4 Å². The first-order chi connectivity index (χ1) is 15.8. The standard InChI is InChI=1S/C28H35O2PS2/c1-22(2)20-25-10-14-27(15-11-25)29-31(32,33-19-18-24-8-6-5-7-9-24)30-28-16-12-26(13-17-28)21-23(3)4/h5-17,22-23H,18-21H2,1-4H3. The molecular weight excluding hydrogens is 463 g/mol. The fourth-order valence-corrected chi connectivity index (χ4v) is 7.98. The van der Waals surface area contributed by atoms with E-state index < -0.39 is 5.69 Å². The number of hydrogen-bond acceptors (Lipinski definition) is 4. The SMILES string of the molecule is CC(C)Cc1ccc(OP(=S)(Oc2ccc(CC(C)C)cc2)SCCc2ccccc2)cc1. The maximum atomic E-state index is 6.37. The minimum absolute atomic E-state index is 0.623. The summed E-state index contributed by atoms with van der Waals surface area (Å²) in [6.07, 6.45) is 3.04. The molecule has 0 unspecified atom stereocenters. The lowest BCUT2D eigenvalue weighted by Gasteiger charge is -2.23. The number of rotatable bonds is 12. The Hall–Kier alpha value is -1.74. The van der Waals surface area contributed by atoms with Crippen LogP contribution in [0, 0.1) is 11.8 Å². The zero-order chi connectivity index (χ0) is 23.7. The second kappa shape index (κ2) is 12.6. The molecule has 2 nitrogen and oxygen atoms in total. The molecule has 0 aliphatic heterocycles. The van der Waals surface area contributed by atoms with Gasteiger partial charge < -0.3 is 9.05 Å². The molecule has 3 aromatic carbocycles. The van der Waals surface area contributed by atoms with E-state index in [1.807, 2.05) is 30.3 Å². The van der Waals surface area contributed by atoms with Crippen molar-refractivity contribution in [3.05, 3.63) is 95.6 Å². The van der Waals surface area contributed by atoms with Gasteiger partial charge in [-0.3, -0.25) is 0 Å². The summed E-state index contributed by atoms with van der Waals surface area (Å²) in [6, 6.07) is 27.1. The second-order valence-electron chi connectivity index (χ2n) is 9.18. The molecule has 5 heteroatoms. The number of hydrogen-bond donors (Lipinski definition) is 0. The van der Waals surface area contributed by atoms with Crippen LogP contribution in [0.15, 0.2) is 78.9 Å². The average molecular weight is 499 g/mol. The van der Waals surface area contributed by atoms with E-state index in [2.05, 4.69) is 76.2 Å². The van der Waals surface area contributed by atoms with Gasteiger partial charge in [-0.1, -0.05) is 82.3 Å². The van der Waals surface area contributed by atoms with E-state index in [1.165, 1.54) is 16.7 Å². The Bertz CT molecular complexity index is 957.